The number of nitriles is 1. The van der Waals surface area contributed by atoms with Gasteiger partial charge in [0, 0.05) is 22.2 Å². The molecule has 0 aliphatic rings. The predicted molar refractivity (Wildman–Crippen MR) is 78.6 cm³/mol. The molecule has 1 N–H and O–H groups in total. The summed E-state index contributed by atoms with van der Waals surface area (Å²) in [6.07, 6.45) is 1.64. The topological polar surface area (TPSA) is 56.9 Å². The standard InChI is InChI=1S/C16H9ClN2O/c17-15-5-4-11(20)8-14(15)12-6-7-19-16-10(9-18)2-1-3-13(12)16/h1-8,20H. The van der Waals surface area contributed by atoms with E-state index in [1.165, 1.54) is 6.07 Å². The van der Waals surface area contributed by atoms with Crippen molar-refractivity contribution in [3.05, 3.63) is 59.2 Å². The van der Waals surface area contributed by atoms with Crippen LogP contribution in [0.4, 0.5) is 0 Å². The molecule has 1 heterocycles. The maximum Gasteiger partial charge on any atom is 0.116 e. The van der Waals surface area contributed by atoms with Crippen molar-refractivity contribution in [2.24, 2.45) is 0 Å². The number of hydrogen-bond acceptors (Lipinski definition) is 3. The van der Waals surface area contributed by atoms with E-state index < -0.39 is 0 Å². The third-order valence-electron chi connectivity index (χ3n) is 3.13. The van der Waals surface area contributed by atoms with E-state index in [4.69, 9.17) is 16.9 Å². The van der Waals surface area contributed by atoms with Gasteiger partial charge in [0.05, 0.1) is 11.1 Å². The fraction of sp³-hybridized carbons (Fsp3) is 0. The number of halogens is 1. The summed E-state index contributed by atoms with van der Waals surface area (Å²) < 4.78 is 0. The quantitative estimate of drug-likeness (QED) is 0.729. The number of rotatable bonds is 1. The van der Waals surface area contributed by atoms with E-state index in [0.29, 0.717) is 21.7 Å². The van der Waals surface area contributed by atoms with Gasteiger partial charge in [-0.25, -0.2) is 0 Å². The lowest BCUT2D eigenvalue weighted by Crippen LogP contribution is -1.88. The Bertz CT molecular complexity index is 853. The molecule has 4 heteroatoms. The third-order valence-corrected chi connectivity index (χ3v) is 3.46. The highest BCUT2D eigenvalue weighted by Gasteiger charge is 2.11. The van der Waals surface area contributed by atoms with Crippen LogP contribution in [0.1, 0.15) is 5.56 Å². The van der Waals surface area contributed by atoms with Crippen molar-refractivity contribution in [1.82, 2.24) is 4.98 Å². The van der Waals surface area contributed by atoms with Crippen LogP contribution in [0.2, 0.25) is 5.02 Å². The van der Waals surface area contributed by atoms with Crippen molar-refractivity contribution in [1.29, 1.82) is 5.26 Å². The Morgan fingerprint density at radius 3 is 2.75 bits per heavy atom. The zero-order valence-corrected chi connectivity index (χ0v) is 11.1. The number of para-hydroxylation sites is 1. The van der Waals surface area contributed by atoms with Gasteiger partial charge in [0.15, 0.2) is 0 Å². The van der Waals surface area contributed by atoms with Gasteiger partial charge >= 0.3 is 0 Å². The van der Waals surface area contributed by atoms with Crippen LogP contribution in [0.5, 0.6) is 5.75 Å². The average molecular weight is 281 g/mol. The van der Waals surface area contributed by atoms with Crippen molar-refractivity contribution < 1.29 is 5.11 Å². The minimum Gasteiger partial charge on any atom is -0.508 e. The Kier molecular flexibility index (Phi) is 3.02. The van der Waals surface area contributed by atoms with Gasteiger partial charge in [0.2, 0.25) is 0 Å². The number of nitrogens with zero attached hydrogens (tertiary/aromatic N) is 2. The highest BCUT2D eigenvalue weighted by molar-refractivity contribution is 6.33. The van der Waals surface area contributed by atoms with Gasteiger partial charge < -0.3 is 5.11 Å². The Hall–Kier alpha value is -2.57. The first-order valence-electron chi connectivity index (χ1n) is 5.97. The maximum atomic E-state index is 9.65. The molecule has 0 aliphatic carbocycles. The molecule has 96 valence electrons. The number of pyridine rings is 1. The summed E-state index contributed by atoms with van der Waals surface area (Å²) in [6, 6.07) is 14.2. The molecular formula is C16H9ClN2O. The SMILES string of the molecule is N#Cc1cccc2c(-c3cc(O)ccc3Cl)ccnc12. The molecule has 0 saturated heterocycles. The summed E-state index contributed by atoms with van der Waals surface area (Å²) >= 11 is 6.21. The summed E-state index contributed by atoms with van der Waals surface area (Å²) in [5.74, 6) is 0.144. The molecule has 3 aromatic rings. The molecule has 0 fully saturated rings. The van der Waals surface area contributed by atoms with E-state index in [2.05, 4.69) is 11.1 Å². The van der Waals surface area contributed by atoms with Crippen molar-refractivity contribution in [2.75, 3.05) is 0 Å². The lowest BCUT2D eigenvalue weighted by atomic mass is 9.99. The molecule has 0 unspecified atom stereocenters. The lowest BCUT2D eigenvalue weighted by Gasteiger charge is -2.09. The highest BCUT2D eigenvalue weighted by atomic mass is 35.5. The Labute approximate surface area is 120 Å². The molecule has 20 heavy (non-hydrogen) atoms. The van der Waals surface area contributed by atoms with E-state index in [-0.39, 0.29) is 5.75 Å². The average Bonchev–Trinajstić information content (AvgIpc) is 2.48. The molecular weight excluding hydrogens is 272 g/mol. The number of phenols is 1. The third kappa shape index (κ3) is 1.97. The number of aromatic nitrogens is 1. The van der Waals surface area contributed by atoms with Crippen LogP contribution in [-0.2, 0) is 0 Å². The number of hydrogen-bond donors (Lipinski definition) is 1. The first-order chi connectivity index (χ1) is 9.70. The number of aromatic hydroxyl groups is 1. The van der Waals surface area contributed by atoms with E-state index >= 15 is 0 Å². The molecule has 0 aliphatic heterocycles. The Morgan fingerprint density at radius 2 is 1.95 bits per heavy atom. The second kappa shape index (κ2) is 4.84. The van der Waals surface area contributed by atoms with Gasteiger partial charge in [-0.2, -0.15) is 5.26 Å². The number of phenolic OH excluding ortho intramolecular Hbond substituents is 1. The summed E-state index contributed by atoms with van der Waals surface area (Å²) in [5.41, 5.74) is 2.70. The normalized spacial score (nSPS) is 10.4. The highest BCUT2D eigenvalue weighted by Crippen LogP contribution is 2.35. The molecule has 1 aromatic heterocycles. The van der Waals surface area contributed by atoms with Crippen molar-refractivity contribution in [3.8, 4) is 22.9 Å². The zero-order chi connectivity index (χ0) is 14.1. The molecule has 3 nitrogen and oxygen atoms in total. The van der Waals surface area contributed by atoms with Crippen LogP contribution >= 0.6 is 11.6 Å². The van der Waals surface area contributed by atoms with E-state index in [0.717, 1.165) is 10.9 Å². The van der Waals surface area contributed by atoms with Gasteiger partial charge in [-0.15, -0.1) is 0 Å². The lowest BCUT2D eigenvalue weighted by molar-refractivity contribution is 0.475. The van der Waals surface area contributed by atoms with Gasteiger partial charge in [0.1, 0.15) is 11.8 Å². The summed E-state index contributed by atoms with van der Waals surface area (Å²) in [6.45, 7) is 0. The first-order valence-corrected chi connectivity index (χ1v) is 6.35. The smallest absolute Gasteiger partial charge is 0.116 e. The second-order valence-corrected chi connectivity index (χ2v) is 4.74. The van der Waals surface area contributed by atoms with Crippen LogP contribution in [0.15, 0.2) is 48.7 Å². The van der Waals surface area contributed by atoms with Crippen molar-refractivity contribution in [3.63, 3.8) is 0 Å². The van der Waals surface area contributed by atoms with Gasteiger partial charge in [0.25, 0.3) is 0 Å². The first kappa shape index (κ1) is 12.5. The van der Waals surface area contributed by atoms with E-state index in [1.807, 2.05) is 18.2 Å². The Balaban J connectivity index is 2.38. The molecule has 0 spiro atoms. The van der Waals surface area contributed by atoms with Crippen LogP contribution in [0.25, 0.3) is 22.0 Å². The number of benzene rings is 2. The number of fused-ring (bicyclic) bond motifs is 1. The molecule has 0 radical (unpaired) electrons. The fourth-order valence-electron chi connectivity index (χ4n) is 2.22. The summed E-state index contributed by atoms with van der Waals surface area (Å²) in [7, 11) is 0. The zero-order valence-electron chi connectivity index (χ0n) is 10.3. The van der Waals surface area contributed by atoms with Crippen molar-refractivity contribution in [2.45, 2.75) is 0 Å². The minimum atomic E-state index is 0.144. The molecule has 2 aromatic carbocycles. The van der Waals surface area contributed by atoms with Crippen LogP contribution < -0.4 is 0 Å². The fourth-order valence-corrected chi connectivity index (χ4v) is 2.44. The van der Waals surface area contributed by atoms with Gasteiger partial charge in [-0.05, 0) is 35.9 Å². The Morgan fingerprint density at radius 1 is 1.10 bits per heavy atom. The largest absolute Gasteiger partial charge is 0.508 e. The molecule has 0 bridgehead atoms. The molecule has 0 saturated carbocycles. The summed E-state index contributed by atoms with van der Waals surface area (Å²) in [4.78, 5) is 4.26. The van der Waals surface area contributed by atoms with Crippen LogP contribution in [0.3, 0.4) is 0 Å². The van der Waals surface area contributed by atoms with E-state index in [9.17, 15) is 5.11 Å². The molecule has 0 amide bonds. The summed E-state index contributed by atoms with van der Waals surface area (Å²) in [5, 5.41) is 20.2. The minimum absolute atomic E-state index is 0.144. The predicted octanol–water partition coefficient (Wildman–Crippen LogP) is 4.13. The molecule has 0 atom stereocenters. The molecule has 3 rings (SSSR count). The van der Waals surface area contributed by atoms with Gasteiger partial charge in [-0.3, -0.25) is 4.98 Å². The van der Waals surface area contributed by atoms with E-state index in [1.54, 1.807) is 24.4 Å². The van der Waals surface area contributed by atoms with Crippen molar-refractivity contribution >= 4 is 22.5 Å². The van der Waals surface area contributed by atoms with Crippen LogP contribution in [-0.4, -0.2) is 10.1 Å². The maximum absolute atomic E-state index is 9.65. The second-order valence-electron chi connectivity index (χ2n) is 4.34. The monoisotopic (exact) mass is 280 g/mol. The van der Waals surface area contributed by atoms with Gasteiger partial charge in [-0.1, -0.05) is 23.7 Å². The van der Waals surface area contributed by atoms with Crippen LogP contribution in [0, 0.1) is 11.3 Å².